The molecule has 0 aromatic heterocycles. The van der Waals surface area contributed by atoms with E-state index in [0.29, 0.717) is 13.0 Å². The topological polar surface area (TPSA) is 20.3 Å². The second-order valence-electron chi connectivity index (χ2n) is 5.32. The first-order valence-electron chi connectivity index (χ1n) is 6.77. The van der Waals surface area contributed by atoms with E-state index < -0.39 is 12.1 Å². The third-order valence-electron chi connectivity index (χ3n) is 3.84. The molecule has 0 aliphatic carbocycles. The molecule has 0 bridgehead atoms. The molecule has 2 nitrogen and oxygen atoms in total. The molecule has 0 N–H and O–H groups in total. The first kappa shape index (κ1) is 14.9. The first-order chi connectivity index (χ1) is 9.38. The molecule has 1 aliphatic heterocycles. The summed E-state index contributed by atoms with van der Waals surface area (Å²) < 4.78 is 38.2. The predicted octanol–water partition coefficient (Wildman–Crippen LogP) is 3.34. The van der Waals surface area contributed by atoms with Crippen LogP contribution < -0.4 is 0 Å². The van der Waals surface area contributed by atoms with E-state index in [2.05, 4.69) is 0 Å². The molecule has 1 fully saturated rings. The molecule has 1 aromatic rings. The summed E-state index contributed by atoms with van der Waals surface area (Å²) in [4.78, 5) is 13.5. The highest BCUT2D eigenvalue weighted by atomic mass is 19.4. The average Bonchev–Trinajstić information content (AvgIpc) is 2.40. The number of carbonyl (C=O) groups is 1. The Morgan fingerprint density at radius 3 is 2.70 bits per heavy atom. The number of alkyl halides is 3. The van der Waals surface area contributed by atoms with Crippen LogP contribution in [0.2, 0.25) is 0 Å². The predicted molar refractivity (Wildman–Crippen MR) is 70.2 cm³/mol. The van der Waals surface area contributed by atoms with Crippen molar-refractivity contribution in [3.8, 4) is 0 Å². The maximum Gasteiger partial charge on any atom is 0.393 e. The molecule has 0 saturated carbocycles. The lowest BCUT2D eigenvalue weighted by molar-refractivity contribution is -0.187. The third kappa shape index (κ3) is 3.52. The maximum atomic E-state index is 12.7. The van der Waals surface area contributed by atoms with Gasteiger partial charge >= 0.3 is 6.18 Å². The lowest BCUT2D eigenvalue weighted by Crippen LogP contribution is -2.45. The van der Waals surface area contributed by atoms with Crippen LogP contribution in [0.25, 0.3) is 0 Å². The van der Waals surface area contributed by atoms with E-state index in [-0.39, 0.29) is 25.3 Å². The lowest BCUT2D eigenvalue weighted by atomic mass is 9.96. The Labute approximate surface area is 116 Å². The first-order valence-corrected chi connectivity index (χ1v) is 6.77. The molecule has 2 rings (SSSR count). The molecule has 1 atom stereocenters. The number of likely N-dealkylation sites (tertiary alicyclic amines) is 1. The zero-order valence-electron chi connectivity index (χ0n) is 11.4. The van der Waals surface area contributed by atoms with Gasteiger partial charge in [0.1, 0.15) is 0 Å². The number of halogens is 3. The Morgan fingerprint density at radius 1 is 1.35 bits per heavy atom. The van der Waals surface area contributed by atoms with Crippen molar-refractivity contribution < 1.29 is 18.0 Å². The molecule has 1 aromatic carbocycles. The standard InChI is InChI=1S/C15H18F3NO/c1-11-5-2-3-6-12(11)9-14(20)19-8-4-7-13(10-19)15(16,17)18/h2-3,5-6,13H,4,7-10H2,1H3/t13-/m0/s1. The van der Waals surface area contributed by atoms with Crippen LogP contribution >= 0.6 is 0 Å². The molecule has 110 valence electrons. The minimum Gasteiger partial charge on any atom is -0.342 e. The molecule has 20 heavy (non-hydrogen) atoms. The summed E-state index contributed by atoms with van der Waals surface area (Å²) in [6.45, 7) is 2.13. The van der Waals surface area contributed by atoms with Crippen LogP contribution in [0.1, 0.15) is 24.0 Å². The summed E-state index contributed by atoms with van der Waals surface area (Å²) in [5, 5.41) is 0. The van der Waals surface area contributed by atoms with Gasteiger partial charge < -0.3 is 4.90 Å². The smallest absolute Gasteiger partial charge is 0.342 e. The molecule has 5 heteroatoms. The second kappa shape index (κ2) is 5.85. The van der Waals surface area contributed by atoms with Gasteiger partial charge in [0.2, 0.25) is 5.91 Å². The number of rotatable bonds is 2. The summed E-state index contributed by atoms with van der Waals surface area (Å²) in [5.74, 6) is -1.59. The van der Waals surface area contributed by atoms with Gasteiger partial charge in [-0.15, -0.1) is 0 Å². The van der Waals surface area contributed by atoms with E-state index in [1.54, 1.807) is 0 Å². The third-order valence-corrected chi connectivity index (χ3v) is 3.84. The van der Waals surface area contributed by atoms with E-state index in [1.807, 2.05) is 31.2 Å². The van der Waals surface area contributed by atoms with Gasteiger partial charge in [-0.3, -0.25) is 4.79 Å². The zero-order valence-corrected chi connectivity index (χ0v) is 11.4. The summed E-state index contributed by atoms with van der Waals surface area (Å²) >= 11 is 0. The minimum absolute atomic E-state index is 0.123. The van der Waals surface area contributed by atoms with Crippen molar-refractivity contribution in [1.82, 2.24) is 4.90 Å². The van der Waals surface area contributed by atoms with Gasteiger partial charge in [0, 0.05) is 13.1 Å². The van der Waals surface area contributed by atoms with Gasteiger partial charge in [0.25, 0.3) is 0 Å². The number of hydrogen-bond acceptors (Lipinski definition) is 1. The monoisotopic (exact) mass is 285 g/mol. The van der Waals surface area contributed by atoms with Gasteiger partial charge in [0.05, 0.1) is 12.3 Å². The average molecular weight is 285 g/mol. The number of piperidine rings is 1. The van der Waals surface area contributed by atoms with E-state index in [0.717, 1.165) is 11.1 Å². The number of nitrogens with zero attached hydrogens (tertiary/aromatic N) is 1. The van der Waals surface area contributed by atoms with E-state index in [9.17, 15) is 18.0 Å². The van der Waals surface area contributed by atoms with Crippen LogP contribution in [0.4, 0.5) is 13.2 Å². The number of carbonyl (C=O) groups excluding carboxylic acids is 1. The number of aryl methyl sites for hydroxylation is 1. The van der Waals surface area contributed by atoms with Crippen molar-refractivity contribution in [1.29, 1.82) is 0 Å². The summed E-state index contributed by atoms with van der Waals surface area (Å²) in [6.07, 6.45) is -3.49. The Balaban J connectivity index is 2.01. The van der Waals surface area contributed by atoms with Crippen molar-refractivity contribution >= 4 is 5.91 Å². The second-order valence-corrected chi connectivity index (χ2v) is 5.32. The van der Waals surface area contributed by atoms with Crippen molar-refractivity contribution in [2.24, 2.45) is 5.92 Å². The highest BCUT2D eigenvalue weighted by Crippen LogP contribution is 2.33. The van der Waals surface area contributed by atoms with Crippen LogP contribution in [-0.2, 0) is 11.2 Å². The fourth-order valence-corrected chi connectivity index (χ4v) is 2.55. The maximum absolute atomic E-state index is 12.7. The summed E-state index contributed by atoms with van der Waals surface area (Å²) in [6, 6.07) is 7.46. The van der Waals surface area contributed by atoms with Crippen molar-refractivity contribution in [2.75, 3.05) is 13.1 Å². The molecule has 1 aliphatic rings. The molecule has 1 amide bonds. The van der Waals surface area contributed by atoms with E-state index >= 15 is 0 Å². The highest BCUT2D eigenvalue weighted by Gasteiger charge is 2.42. The van der Waals surface area contributed by atoms with Gasteiger partial charge in [-0.25, -0.2) is 0 Å². The summed E-state index contributed by atoms with van der Waals surface area (Å²) in [7, 11) is 0. The zero-order chi connectivity index (χ0) is 14.8. The molecule has 0 unspecified atom stereocenters. The van der Waals surface area contributed by atoms with E-state index in [1.165, 1.54) is 4.90 Å². The van der Waals surface area contributed by atoms with Crippen molar-refractivity contribution in [3.63, 3.8) is 0 Å². The van der Waals surface area contributed by atoms with Crippen LogP contribution in [0.5, 0.6) is 0 Å². The van der Waals surface area contributed by atoms with Crippen molar-refractivity contribution in [3.05, 3.63) is 35.4 Å². The number of benzene rings is 1. The summed E-state index contributed by atoms with van der Waals surface area (Å²) in [5.41, 5.74) is 1.87. The van der Waals surface area contributed by atoms with Gasteiger partial charge in [-0.2, -0.15) is 13.2 Å². The fraction of sp³-hybridized carbons (Fsp3) is 0.533. The fourth-order valence-electron chi connectivity index (χ4n) is 2.55. The molecule has 0 spiro atoms. The van der Waals surface area contributed by atoms with Gasteiger partial charge in [-0.05, 0) is 30.9 Å². The normalized spacial score (nSPS) is 20.0. The van der Waals surface area contributed by atoms with Crippen LogP contribution in [0.15, 0.2) is 24.3 Å². The van der Waals surface area contributed by atoms with Crippen LogP contribution in [0, 0.1) is 12.8 Å². The van der Waals surface area contributed by atoms with Gasteiger partial charge in [-0.1, -0.05) is 24.3 Å². The number of amides is 1. The van der Waals surface area contributed by atoms with Crippen LogP contribution in [-0.4, -0.2) is 30.1 Å². The molecule has 1 heterocycles. The Bertz CT molecular complexity index is 484. The molecular formula is C15H18F3NO. The number of hydrogen-bond donors (Lipinski definition) is 0. The Morgan fingerprint density at radius 2 is 2.05 bits per heavy atom. The lowest BCUT2D eigenvalue weighted by Gasteiger charge is -2.33. The van der Waals surface area contributed by atoms with E-state index in [4.69, 9.17) is 0 Å². The Kier molecular flexibility index (Phi) is 4.35. The van der Waals surface area contributed by atoms with Crippen molar-refractivity contribution in [2.45, 2.75) is 32.4 Å². The molecular weight excluding hydrogens is 267 g/mol. The van der Waals surface area contributed by atoms with Gasteiger partial charge in [0.15, 0.2) is 0 Å². The molecule has 0 radical (unpaired) electrons. The highest BCUT2D eigenvalue weighted by molar-refractivity contribution is 5.79. The Hall–Kier alpha value is -1.52. The molecule has 1 saturated heterocycles. The largest absolute Gasteiger partial charge is 0.393 e. The SMILES string of the molecule is Cc1ccccc1CC(=O)N1CCC[C@H](C(F)(F)F)C1. The quantitative estimate of drug-likeness (QED) is 0.816. The minimum atomic E-state index is -4.21. The van der Waals surface area contributed by atoms with Crippen LogP contribution in [0.3, 0.4) is 0 Å².